The van der Waals surface area contributed by atoms with Crippen molar-refractivity contribution in [2.24, 2.45) is 5.73 Å². The molecule has 68 valence electrons. The molecule has 1 rings (SSSR count). The Kier molecular flexibility index (Phi) is 3.49. The summed E-state index contributed by atoms with van der Waals surface area (Å²) in [6.07, 6.45) is 1.18. The highest BCUT2D eigenvalue weighted by molar-refractivity contribution is 7.25. The van der Waals surface area contributed by atoms with Gasteiger partial charge in [-0.2, -0.15) is 11.3 Å². The molecule has 0 amide bonds. The van der Waals surface area contributed by atoms with Crippen LogP contribution in [-0.4, -0.2) is 14.6 Å². The molecular formula is C9H17NSSi. The largest absolute Gasteiger partial charge is 0.330 e. The third kappa shape index (κ3) is 2.44. The van der Waals surface area contributed by atoms with Crippen molar-refractivity contribution < 1.29 is 0 Å². The van der Waals surface area contributed by atoms with Crippen LogP contribution >= 0.6 is 11.3 Å². The summed E-state index contributed by atoms with van der Waals surface area (Å²) >= 11 is 1.90. The van der Waals surface area contributed by atoms with Gasteiger partial charge in [-0.25, -0.2) is 0 Å². The van der Waals surface area contributed by atoms with Crippen molar-refractivity contribution in [1.29, 1.82) is 0 Å². The summed E-state index contributed by atoms with van der Waals surface area (Å²) in [5.74, 6) is 0. The van der Waals surface area contributed by atoms with Crippen molar-refractivity contribution in [2.45, 2.75) is 25.6 Å². The molecule has 0 spiro atoms. The Hall–Kier alpha value is -0.123. The molecule has 1 aromatic heterocycles. The lowest BCUT2D eigenvalue weighted by Gasteiger charge is -2.19. The zero-order valence-electron chi connectivity index (χ0n) is 7.84. The fourth-order valence-corrected chi connectivity index (χ4v) is 5.46. The van der Waals surface area contributed by atoms with E-state index < -0.39 is 8.07 Å². The highest BCUT2D eigenvalue weighted by Crippen LogP contribution is 2.14. The van der Waals surface area contributed by atoms with Crippen LogP contribution in [0.15, 0.2) is 17.5 Å². The quantitative estimate of drug-likeness (QED) is 0.738. The Morgan fingerprint density at radius 2 is 2.25 bits per heavy atom. The first-order chi connectivity index (χ1) is 5.67. The minimum atomic E-state index is -1.11. The smallest absolute Gasteiger partial charge is 0.0934 e. The SMILES string of the molecule is C[Si](C)(CCCN)c1cccs1. The van der Waals surface area contributed by atoms with Crippen LogP contribution < -0.4 is 10.2 Å². The van der Waals surface area contributed by atoms with Crippen molar-refractivity contribution >= 4 is 23.9 Å². The molecule has 0 atom stereocenters. The summed E-state index contributed by atoms with van der Waals surface area (Å²) in [5, 5.41) is 2.17. The van der Waals surface area contributed by atoms with E-state index in [9.17, 15) is 0 Å². The first-order valence-electron chi connectivity index (χ1n) is 4.41. The van der Waals surface area contributed by atoms with Crippen molar-refractivity contribution in [1.82, 2.24) is 0 Å². The molecule has 0 aliphatic carbocycles. The molecule has 3 heteroatoms. The molecule has 0 saturated heterocycles. The Balaban J connectivity index is 2.59. The van der Waals surface area contributed by atoms with E-state index in [2.05, 4.69) is 30.6 Å². The third-order valence-electron chi connectivity index (χ3n) is 2.19. The van der Waals surface area contributed by atoms with Crippen molar-refractivity contribution in [2.75, 3.05) is 6.54 Å². The Labute approximate surface area is 79.6 Å². The summed E-state index contributed by atoms with van der Waals surface area (Å²) in [5.41, 5.74) is 5.51. The molecular weight excluding hydrogens is 182 g/mol. The van der Waals surface area contributed by atoms with Gasteiger partial charge in [0.1, 0.15) is 0 Å². The molecule has 0 unspecified atom stereocenters. The van der Waals surface area contributed by atoms with Crippen LogP contribution in [0.3, 0.4) is 0 Å². The highest BCUT2D eigenvalue weighted by Gasteiger charge is 2.23. The van der Waals surface area contributed by atoms with Crippen LogP contribution in [0.25, 0.3) is 0 Å². The molecule has 1 heterocycles. The predicted octanol–water partition coefficient (Wildman–Crippen LogP) is 2.01. The van der Waals surface area contributed by atoms with Gasteiger partial charge < -0.3 is 5.73 Å². The lowest BCUT2D eigenvalue weighted by Crippen LogP contribution is -2.39. The van der Waals surface area contributed by atoms with E-state index in [0.717, 1.165) is 6.54 Å². The maximum Gasteiger partial charge on any atom is 0.0934 e. The molecule has 0 aliphatic heterocycles. The predicted molar refractivity (Wildman–Crippen MR) is 59.9 cm³/mol. The minimum Gasteiger partial charge on any atom is -0.330 e. The monoisotopic (exact) mass is 199 g/mol. The van der Waals surface area contributed by atoms with Crippen LogP contribution in [0, 0.1) is 0 Å². The topological polar surface area (TPSA) is 26.0 Å². The third-order valence-corrected chi connectivity index (χ3v) is 7.99. The van der Waals surface area contributed by atoms with E-state index in [1.165, 1.54) is 12.5 Å². The van der Waals surface area contributed by atoms with Gasteiger partial charge in [-0.05, 0) is 22.8 Å². The van der Waals surface area contributed by atoms with Gasteiger partial charge in [0, 0.05) is 0 Å². The normalized spacial score (nSPS) is 11.9. The van der Waals surface area contributed by atoms with E-state index in [1.54, 1.807) is 4.50 Å². The maximum absolute atomic E-state index is 5.51. The van der Waals surface area contributed by atoms with Crippen molar-refractivity contribution in [3.63, 3.8) is 0 Å². The number of thiophene rings is 1. The number of hydrogen-bond donors (Lipinski definition) is 1. The summed E-state index contributed by atoms with van der Waals surface area (Å²) in [7, 11) is -1.11. The Bertz CT molecular complexity index is 218. The summed E-state index contributed by atoms with van der Waals surface area (Å²) in [6, 6.07) is 5.74. The maximum atomic E-state index is 5.51. The second kappa shape index (κ2) is 4.21. The van der Waals surface area contributed by atoms with Crippen LogP contribution in [0.1, 0.15) is 6.42 Å². The summed E-state index contributed by atoms with van der Waals surface area (Å²) < 4.78 is 1.61. The number of nitrogens with two attached hydrogens (primary N) is 1. The second-order valence-electron chi connectivity index (χ2n) is 3.75. The average molecular weight is 199 g/mol. The summed E-state index contributed by atoms with van der Waals surface area (Å²) in [4.78, 5) is 0. The molecule has 0 aliphatic rings. The van der Waals surface area contributed by atoms with E-state index >= 15 is 0 Å². The standard InChI is InChI=1S/C9H17NSSi/c1-12(2,8-4-6-10)9-5-3-7-11-9/h3,5,7H,4,6,8,10H2,1-2H3. The fourth-order valence-electron chi connectivity index (χ4n) is 1.33. The molecule has 0 bridgehead atoms. The number of hydrogen-bond acceptors (Lipinski definition) is 2. The molecule has 12 heavy (non-hydrogen) atoms. The second-order valence-corrected chi connectivity index (χ2v) is 9.87. The van der Waals surface area contributed by atoms with Crippen molar-refractivity contribution in [3.05, 3.63) is 17.5 Å². The van der Waals surface area contributed by atoms with Gasteiger partial charge in [-0.1, -0.05) is 31.3 Å². The van der Waals surface area contributed by atoms with E-state index in [-0.39, 0.29) is 0 Å². The minimum absolute atomic E-state index is 0.835. The lowest BCUT2D eigenvalue weighted by atomic mass is 10.5. The molecule has 1 nitrogen and oxygen atoms in total. The molecule has 0 radical (unpaired) electrons. The van der Waals surface area contributed by atoms with Crippen LogP contribution in [0.5, 0.6) is 0 Å². The van der Waals surface area contributed by atoms with E-state index in [4.69, 9.17) is 5.73 Å². The van der Waals surface area contributed by atoms with Crippen LogP contribution in [0.4, 0.5) is 0 Å². The first-order valence-corrected chi connectivity index (χ1v) is 8.49. The van der Waals surface area contributed by atoms with Gasteiger partial charge in [0.2, 0.25) is 0 Å². The van der Waals surface area contributed by atoms with Gasteiger partial charge in [0.15, 0.2) is 0 Å². The summed E-state index contributed by atoms with van der Waals surface area (Å²) in [6.45, 7) is 5.69. The lowest BCUT2D eigenvalue weighted by molar-refractivity contribution is 0.915. The molecule has 0 fully saturated rings. The Morgan fingerprint density at radius 3 is 2.75 bits per heavy atom. The van der Waals surface area contributed by atoms with Crippen LogP contribution in [-0.2, 0) is 0 Å². The Morgan fingerprint density at radius 1 is 1.50 bits per heavy atom. The molecule has 1 aromatic rings. The van der Waals surface area contributed by atoms with Gasteiger partial charge in [0.05, 0.1) is 8.07 Å². The number of rotatable bonds is 4. The average Bonchev–Trinajstić information content (AvgIpc) is 2.53. The van der Waals surface area contributed by atoms with E-state index in [1.807, 2.05) is 11.3 Å². The van der Waals surface area contributed by atoms with Crippen LogP contribution in [0.2, 0.25) is 19.1 Å². The zero-order valence-corrected chi connectivity index (χ0v) is 9.66. The molecule has 0 saturated carbocycles. The van der Waals surface area contributed by atoms with Gasteiger partial charge in [-0.15, -0.1) is 0 Å². The first kappa shape index (κ1) is 9.96. The van der Waals surface area contributed by atoms with Gasteiger partial charge in [-0.3, -0.25) is 0 Å². The molecule has 2 N–H and O–H groups in total. The zero-order chi connectivity index (χ0) is 9.03. The highest BCUT2D eigenvalue weighted by atomic mass is 32.1. The van der Waals surface area contributed by atoms with E-state index in [0.29, 0.717) is 0 Å². The van der Waals surface area contributed by atoms with Gasteiger partial charge >= 0.3 is 0 Å². The van der Waals surface area contributed by atoms with Crippen molar-refractivity contribution in [3.8, 4) is 0 Å². The molecule has 0 aromatic carbocycles. The van der Waals surface area contributed by atoms with Gasteiger partial charge in [0.25, 0.3) is 0 Å². The fraction of sp³-hybridized carbons (Fsp3) is 0.556.